The van der Waals surface area contributed by atoms with Gasteiger partial charge in [0.25, 0.3) is 11.8 Å². The minimum Gasteiger partial charge on any atom is -0.322 e. The van der Waals surface area contributed by atoms with Crippen LogP contribution in [0.1, 0.15) is 49.5 Å². The Bertz CT molecular complexity index is 1170. The van der Waals surface area contributed by atoms with E-state index in [0.717, 1.165) is 5.56 Å². The standard InChI is InChI=1S/C25H21ClN2O3/c1-16-5-2-3-6-20(16)24(30)27-19-11-8-17(9-12-19)25(31)28-14-4-7-23(29)21-15-18(26)10-13-22(21)28/h2-3,5-6,8-13,15H,4,7,14H2,1H3,(H,27,30). The number of fused-ring (bicyclic) bond motifs is 1. The van der Waals surface area contributed by atoms with Gasteiger partial charge in [-0.25, -0.2) is 0 Å². The zero-order valence-electron chi connectivity index (χ0n) is 17.0. The second-order valence-electron chi connectivity index (χ2n) is 7.49. The van der Waals surface area contributed by atoms with E-state index in [1.807, 2.05) is 25.1 Å². The first-order valence-corrected chi connectivity index (χ1v) is 10.4. The number of carbonyl (C=O) groups excluding carboxylic acids is 3. The summed E-state index contributed by atoms with van der Waals surface area (Å²) < 4.78 is 0. The number of amides is 2. The molecule has 5 nitrogen and oxygen atoms in total. The maximum absolute atomic E-state index is 13.2. The van der Waals surface area contributed by atoms with Crippen LogP contribution in [0.4, 0.5) is 11.4 Å². The normalized spacial score (nSPS) is 13.4. The molecule has 1 aliphatic rings. The minimum absolute atomic E-state index is 0.0120. The van der Waals surface area contributed by atoms with Crippen molar-refractivity contribution in [1.82, 2.24) is 0 Å². The summed E-state index contributed by atoms with van der Waals surface area (Å²) in [5.74, 6) is -0.411. The van der Waals surface area contributed by atoms with Crippen LogP contribution in [-0.2, 0) is 0 Å². The van der Waals surface area contributed by atoms with Crippen molar-refractivity contribution < 1.29 is 14.4 Å². The van der Waals surface area contributed by atoms with Crippen molar-refractivity contribution in [3.8, 4) is 0 Å². The monoisotopic (exact) mass is 432 g/mol. The summed E-state index contributed by atoms with van der Waals surface area (Å²) in [4.78, 5) is 39.7. The average molecular weight is 433 g/mol. The van der Waals surface area contributed by atoms with Gasteiger partial charge in [-0.1, -0.05) is 29.8 Å². The summed E-state index contributed by atoms with van der Waals surface area (Å²) in [6.07, 6.45) is 0.961. The molecule has 0 atom stereocenters. The molecule has 31 heavy (non-hydrogen) atoms. The number of nitrogens with zero attached hydrogens (tertiary/aromatic N) is 1. The van der Waals surface area contributed by atoms with Gasteiger partial charge in [-0.15, -0.1) is 0 Å². The number of hydrogen-bond acceptors (Lipinski definition) is 3. The predicted octanol–water partition coefficient (Wildman–Crippen LogP) is 5.52. The van der Waals surface area contributed by atoms with E-state index in [1.165, 1.54) is 0 Å². The van der Waals surface area contributed by atoms with Crippen molar-refractivity contribution in [2.24, 2.45) is 0 Å². The molecule has 3 aromatic rings. The molecule has 0 saturated heterocycles. The quantitative estimate of drug-likeness (QED) is 0.592. The van der Waals surface area contributed by atoms with Crippen LogP contribution >= 0.6 is 11.6 Å². The predicted molar refractivity (Wildman–Crippen MR) is 122 cm³/mol. The van der Waals surface area contributed by atoms with Crippen LogP contribution in [0.3, 0.4) is 0 Å². The zero-order chi connectivity index (χ0) is 22.0. The third-order valence-corrected chi connectivity index (χ3v) is 5.60. The first-order chi connectivity index (χ1) is 14.9. The highest BCUT2D eigenvalue weighted by Gasteiger charge is 2.26. The SMILES string of the molecule is Cc1ccccc1C(=O)Nc1ccc(C(=O)N2CCCC(=O)c3cc(Cl)ccc32)cc1. The third-order valence-electron chi connectivity index (χ3n) is 5.36. The van der Waals surface area contributed by atoms with Gasteiger partial charge >= 0.3 is 0 Å². The van der Waals surface area contributed by atoms with Crippen molar-refractivity contribution in [3.63, 3.8) is 0 Å². The number of nitrogens with one attached hydrogen (secondary N) is 1. The fraction of sp³-hybridized carbons (Fsp3) is 0.160. The highest BCUT2D eigenvalue weighted by molar-refractivity contribution is 6.31. The van der Waals surface area contributed by atoms with Crippen LogP contribution in [0, 0.1) is 6.92 Å². The molecule has 1 heterocycles. The fourth-order valence-corrected chi connectivity index (χ4v) is 3.88. The van der Waals surface area contributed by atoms with Gasteiger partial charge in [-0.05, 0) is 67.4 Å². The lowest BCUT2D eigenvalue weighted by Crippen LogP contribution is -2.31. The van der Waals surface area contributed by atoms with Crippen LogP contribution in [0.25, 0.3) is 0 Å². The van der Waals surface area contributed by atoms with Gasteiger partial charge in [0, 0.05) is 40.4 Å². The Labute approximate surface area is 185 Å². The molecular weight excluding hydrogens is 412 g/mol. The summed E-state index contributed by atoms with van der Waals surface area (Å²) in [5.41, 5.74) is 3.62. The Morgan fingerprint density at radius 2 is 1.74 bits per heavy atom. The highest BCUT2D eigenvalue weighted by Crippen LogP contribution is 2.30. The lowest BCUT2D eigenvalue weighted by molar-refractivity contribution is 0.0973. The lowest BCUT2D eigenvalue weighted by atomic mass is 10.1. The molecule has 0 aromatic heterocycles. The highest BCUT2D eigenvalue weighted by atomic mass is 35.5. The average Bonchev–Trinajstić information content (AvgIpc) is 2.92. The molecule has 2 amide bonds. The number of benzene rings is 3. The Hall–Kier alpha value is -3.44. The van der Waals surface area contributed by atoms with Crippen LogP contribution < -0.4 is 10.2 Å². The molecule has 0 fully saturated rings. The second kappa shape index (κ2) is 8.74. The maximum Gasteiger partial charge on any atom is 0.258 e. The smallest absolute Gasteiger partial charge is 0.258 e. The first-order valence-electron chi connectivity index (χ1n) is 10.1. The van der Waals surface area contributed by atoms with Gasteiger partial charge in [0.05, 0.1) is 5.69 Å². The number of halogens is 1. The molecule has 0 bridgehead atoms. The van der Waals surface area contributed by atoms with Crippen LogP contribution in [-0.4, -0.2) is 24.1 Å². The van der Waals surface area contributed by atoms with Crippen molar-refractivity contribution in [2.45, 2.75) is 19.8 Å². The molecule has 0 spiro atoms. The second-order valence-corrected chi connectivity index (χ2v) is 7.93. The molecule has 156 valence electrons. The fourth-order valence-electron chi connectivity index (χ4n) is 3.71. The topological polar surface area (TPSA) is 66.5 Å². The summed E-state index contributed by atoms with van der Waals surface area (Å²) in [6.45, 7) is 2.33. The number of Topliss-reactive ketones (excluding diaryl/α,β-unsaturated/α-hetero) is 1. The summed E-state index contributed by atoms with van der Waals surface area (Å²) in [6, 6.07) is 19.1. The van der Waals surface area contributed by atoms with Crippen LogP contribution in [0.15, 0.2) is 66.7 Å². The van der Waals surface area contributed by atoms with Gasteiger partial charge in [0.15, 0.2) is 5.78 Å². The van der Waals surface area contributed by atoms with Gasteiger partial charge in [0.2, 0.25) is 0 Å². The maximum atomic E-state index is 13.2. The number of aryl methyl sites for hydroxylation is 1. The van der Waals surface area contributed by atoms with Crippen LogP contribution in [0.5, 0.6) is 0 Å². The summed E-state index contributed by atoms with van der Waals surface area (Å²) in [7, 11) is 0. The molecule has 3 aromatic carbocycles. The van der Waals surface area contributed by atoms with Crippen molar-refractivity contribution in [2.75, 3.05) is 16.8 Å². The number of anilines is 2. The number of carbonyl (C=O) groups is 3. The van der Waals surface area contributed by atoms with E-state index in [1.54, 1.807) is 53.4 Å². The molecule has 6 heteroatoms. The minimum atomic E-state index is -0.200. The lowest BCUT2D eigenvalue weighted by Gasteiger charge is -2.23. The molecular formula is C25H21ClN2O3. The van der Waals surface area contributed by atoms with E-state index < -0.39 is 0 Å². The zero-order valence-corrected chi connectivity index (χ0v) is 17.8. The number of ketones is 1. The van der Waals surface area contributed by atoms with E-state index in [9.17, 15) is 14.4 Å². The molecule has 0 aliphatic carbocycles. The molecule has 1 N–H and O–H groups in total. The Kier molecular flexibility index (Phi) is 5.87. The molecule has 0 radical (unpaired) electrons. The van der Waals surface area contributed by atoms with Gasteiger partial charge in [-0.3, -0.25) is 14.4 Å². The van der Waals surface area contributed by atoms with Crippen LogP contribution in [0.2, 0.25) is 5.02 Å². The Balaban J connectivity index is 1.55. The Morgan fingerprint density at radius 3 is 2.48 bits per heavy atom. The number of hydrogen-bond donors (Lipinski definition) is 1. The van der Waals surface area contributed by atoms with Gasteiger partial charge in [-0.2, -0.15) is 0 Å². The first kappa shape index (κ1) is 20.8. The van der Waals surface area contributed by atoms with Gasteiger partial charge in [0.1, 0.15) is 0 Å². The van der Waals surface area contributed by atoms with E-state index in [2.05, 4.69) is 5.32 Å². The summed E-state index contributed by atoms with van der Waals surface area (Å²) >= 11 is 6.06. The Morgan fingerprint density at radius 1 is 1.00 bits per heavy atom. The van der Waals surface area contributed by atoms with Crippen molar-refractivity contribution in [3.05, 3.63) is 94.0 Å². The van der Waals surface area contributed by atoms with E-state index >= 15 is 0 Å². The molecule has 0 saturated carbocycles. The third kappa shape index (κ3) is 4.37. The van der Waals surface area contributed by atoms with E-state index in [4.69, 9.17) is 11.6 Å². The van der Waals surface area contributed by atoms with Crippen molar-refractivity contribution in [1.29, 1.82) is 0 Å². The van der Waals surface area contributed by atoms with E-state index in [-0.39, 0.29) is 17.6 Å². The summed E-state index contributed by atoms with van der Waals surface area (Å²) in [5, 5.41) is 3.33. The van der Waals surface area contributed by atoms with Gasteiger partial charge < -0.3 is 10.2 Å². The van der Waals surface area contributed by atoms with E-state index in [0.29, 0.717) is 52.5 Å². The van der Waals surface area contributed by atoms with Crippen molar-refractivity contribution >= 4 is 40.6 Å². The molecule has 1 aliphatic heterocycles. The molecule has 4 rings (SSSR count). The number of rotatable bonds is 3. The molecule has 0 unspecified atom stereocenters. The largest absolute Gasteiger partial charge is 0.322 e.